The van der Waals surface area contributed by atoms with Crippen molar-refractivity contribution in [2.75, 3.05) is 7.11 Å². The lowest BCUT2D eigenvalue weighted by atomic mass is 10.1. The standard InChI is InChI=1S/C16H16O3/c1-3-4-5-6-10-13-15(18-2)12-9-7-8-11-14(12)19-16(13)17/h7-9,11H,3-5H2,1-2H3. The Bertz CT molecular complexity index is 686. The minimum Gasteiger partial charge on any atom is -0.494 e. The summed E-state index contributed by atoms with van der Waals surface area (Å²) >= 11 is 0. The maximum Gasteiger partial charge on any atom is 0.356 e. The minimum absolute atomic E-state index is 0.303. The van der Waals surface area contributed by atoms with Gasteiger partial charge in [-0.15, -0.1) is 0 Å². The average Bonchev–Trinajstić information content (AvgIpc) is 2.43. The van der Waals surface area contributed by atoms with Gasteiger partial charge in [0.05, 0.1) is 12.5 Å². The van der Waals surface area contributed by atoms with Crippen LogP contribution in [0.5, 0.6) is 5.75 Å². The van der Waals surface area contributed by atoms with Crippen molar-refractivity contribution in [3.63, 3.8) is 0 Å². The predicted octanol–water partition coefficient (Wildman–Crippen LogP) is 3.34. The van der Waals surface area contributed by atoms with E-state index < -0.39 is 5.63 Å². The fraction of sp³-hybridized carbons (Fsp3) is 0.312. The molecular weight excluding hydrogens is 240 g/mol. The van der Waals surface area contributed by atoms with Crippen LogP contribution in [0.3, 0.4) is 0 Å². The lowest BCUT2D eigenvalue weighted by molar-refractivity contribution is 0.411. The molecule has 2 rings (SSSR count). The number of hydrogen-bond donors (Lipinski definition) is 0. The van der Waals surface area contributed by atoms with Gasteiger partial charge in [0.2, 0.25) is 0 Å². The first-order chi connectivity index (χ1) is 9.27. The fourth-order valence-electron chi connectivity index (χ4n) is 1.86. The molecule has 0 radical (unpaired) electrons. The zero-order valence-electron chi connectivity index (χ0n) is 11.2. The zero-order chi connectivity index (χ0) is 13.7. The highest BCUT2D eigenvalue weighted by molar-refractivity contribution is 5.85. The third-order valence-electron chi connectivity index (χ3n) is 2.84. The van der Waals surface area contributed by atoms with Crippen LogP contribution in [0, 0.1) is 11.8 Å². The molecule has 0 fully saturated rings. The van der Waals surface area contributed by atoms with Crippen LogP contribution in [-0.2, 0) is 0 Å². The molecule has 2 aromatic rings. The molecule has 3 nitrogen and oxygen atoms in total. The third kappa shape index (κ3) is 2.79. The van der Waals surface area contributed by atoms with Crippen molar-refractivity contribution < 1.29 is 9.15 Å². The van der Waals surface area contributed by atoms with E-state index >= 15 is 0 Å². The maximum absolute atomic E-state index is 11.9. The highest BCUT2D eigenvalue weighted by atomic mass is 16.5. The molecule has 1 aromatic carbocycles. The monoisotopic (exact) mass is 256 g/mol. The van der Waals surface area contributed by atoms with E-state index in [0.717, 1.165) is 24.6 Å². The summed E-state index contributed by atoms with van der Waals surface area (Å²) in [6.07, 6.45) is 2.87. The van der Waals surface area contributed by atoms with Crippen LogP contribution in [0.25, 0.3) is 11.0 Å². The Morgan fingerprint density at radius 1 is 1.32 bits per heavy atom. The molecule has 98 valence electrons. The predicted molar refractivity (Wildman–Crippen MR) is 75.4 cm³/mol. The first-order valence-corrected chi connectivity index (χ1v) is 6.36. The van der Waals surface area contributed by atoms with Crippen molar-refractivity contribution in [1.29, 1.82) is 0 Å². The Morgan fingerprint density at radius 3 is 2.84 bits per heavy atom. The summed E-state index contributed by atoms with van der Waals surface area (Å²) in [6, 6.07) is 7.29. The fourth-order valence-corrected chi connectivity index (χ4v) is 1.86. The van der Waals surface area contributed by atoms with E-state index in [1.165, 1.54) is 0 Å². The molecule has 0 atom stereocenters. The topological polar surface area (TPSA) is 39.4 Å². The van der Waals surface area contributed by atoms with Crippen LogP contribution < -0.4 is 10.4 Å². The van der Waals surface area contributed by atoms with Gasteiger partial charge in [-0.05, 0) is 18.6 Å². The minimum atomic E-state index is -0.445. The van der Waals surface area contributed by atoms with E-state index in [0.29, 0.717) is 16.9 Å². The van der Waals surface area contributed by atoms with Crippen LogP contribution in [-0.4, -0.2) is 7.11 Å². The van der Waals surface area contributed by atoms with E-state index in [4.69, 9.17) is 9.15 Å². The number of rotatable bonds is 3. The first-order valence-electron chi connectivity index (χ1n) is 6.36. The second kappa shape index (κ2) is 6.10. The lowest BCUT2D eigenvalue weighted by Gasteiger charge is -2.05. The molecule has 0 aliphatic heterocycles. The van der Waals surface area contributed by atoms with Crippen LogP contribution in [0.4, 0.5) is 0 Å². The number of fused-ring (bicyclic) bond motifs is 1. The van der Waals surface area contributed by atoms with Crippen LogP contribution in [0.1, 0.15) is 31.7 Å². The molecule has 0 N–H and O–H groups in total. The molecule has 0 aliphatic rings. The molecule has 19 heavy (non-hydrogen) atoms. The maximum atomic E-state index is 11.9. The van der Waals surface area contributed by atoms with Crippen LogP contribution in [0.15, 0.2) is 33.5 Å². The molecule has 0 bridgehead atoms. The Labute approximate surface area is 112 Å². The van der Waals surface area contributed by atoms with Gasteiger partial charge in [-0.25, -0.2) is 4.79 Å². The van der Waals surface area contributed by atoms with Crippen LogP contribution >= 0.6 is 0 Å². The SMILES string of the molecule is CCCCC#Cc1c(OC)c2ccccc2oc1=O. The number of benzene rings is 1. The third-order valence-corrected chi connectivity index (χ3v) is 2.84. The van der Waals surface area contributed by atoms with Crippen molar-refractivity contribution in [2.24, 2.45) is 0 Å². The van der Waals surface area contributed by atoms with Gasteiger partial charge in [-0.2, -0.15) is 0 Å². The first kappa shape index (κ1) is 13.2. The normalized spacial score (nSPS) is 10.0. The van der Waals surface area contributed by atoms with Gasteiger partial charge in [0.15, 0.2) is 11.3 Å². The van der Waals surface area contributed by atoms with E-state index in [2.05, 4.69) is 18.8 Å². The molecule has 0 saturated heterocycles. The smallest absolute Gasteiger partial charge is 0.356 e. The molecular formula is C16H16O3. The number of para-hydroxylation sites is 1. The highest BCUT2D eigenvalue weighted by Gasteiger charge is 2.12. The van der Waals surface area contributed by atoms with E-state index in [1.54, 1.807) is 13.2 Å². The average molecular weight is 256 g/mol. The van der Waals surface area contributed by atoms with Crippen LogP contribution in [0.2, 0.25) is 0 Å². The van der Waals surface area contributed by atoms with Gasteiger partial charge in [0.25, 0.3) is 0 Å². The number of ether oxygens (including phenoxy) is 1. The second-order valence-electron chi connectivity index (χ2n) is 4.20. The van der Waals surface area contributed by atoms with E-state index in [1.807, 2.05) is 18.2 Å². The summed E-state index contributed by atoms with van der Waals surface area (Å²) in [4.78, 5) is 11.9. The molecule has 1 aromatic heterocycles. The highest BCUT2D eigenvalue weighted by Crippen LogP contribution is 2.26. The lowest BCUT2D eigenvalue weighted by Crippen LogP contribution is -2.07. The summed E-state index contributed by atoms with van der Waals surface area (Å²) < 4.78 is 10.6. The van der Waals surface area contributed by atoms with Crippen molar-refractivity contribution >= 4 is 11.0 Å². The Kier molecular flexibility index (Phi) is 4.25. The van der Waals surface area contributed by atoms with Gasteiger partial charge in [0.1, 0.15) is 5.58 Å². The van der Waals surface area contributed by atoms with Gasteiger partial charge in [-0.3, -0.25) is 0 Å². The number of methoxy groups -OCH3 is 1. The van der Waals surface area contributed by atoms with E-state index in [-0.39, 0.29) is 0 Å². The second-order valence-corrected chi connectivity index (χ2v) is 4.20. The molecule has 0 amide bonds. The van der Waals surface area contributed by atoms with Crippen molar-refractivity contribution in [3.05, 3.63) is 40.2 Å². The molecule has 0 unspecified atom stereocenters. The number of hydrogen-bond acceptors (Lipinski definition) is 3. The molecule has 0 saturated carbocycles. The Hall–Kier alpha value is -2.21. The molecule has 1 heterocycles. The van der Waals surface area contributed by atoms with Crippen molar-refractivity contribution in [2.45, 2.75) is 26.2 Å². The van der Waals surface area contributed by atoms with Gasteiger partial charge < -0.3 is 9.15 Å². The Balaban J connectivity index is 2.55. The Morgan fingerprint density at radius 2 is 2.11 bits per heavy atom. The summed E-state index contributed by atoms with van der Waals surface area (Å²) in [5, 5.41) is 0.768. The summed E-state index contributed by atoms with van der Waals surface area (Å²) in [5.41, 5.74) is 0.375. The summed E-state index contributed by atoms with van der Waals surface area (Å²) in [7, 11) is 1.54. The van der Waals surface area contributed by atoms with Gasteiger partial charge >= 0.3 is 5.63 Å². The molecule has 0 aliphatic carbocycles. The zero-order valence-corrected chi connectivity index (χ0v) is 11.2. The van der Waals surface area contributed by atoms with Crippen molar-refractivity contribution in [1.82, 2.24) is 0 Å². The summed E-state index contributed by atoms with van der Waals surface area (Å²) in [6.45, 7) is 2.10. The van der Waals surface area contributed by atoms with E-state index in [9.17, 15) is 4.79 Å². The summed E-state index contributed by atoms with van der Waals surface area (Å²) in [5.74, 6) is 6.37. The van der Waals surface area contributed by atoms with Gasteiger partial charge in [-0.1, -0.05) is 37.3 Å². The molecule has 0 spiro atoms. The van der Waals surface area contributed by atoms with Gasteiger partial charge in [0, 0.05) is 6.42 Å². The largest absolute Gasteiger partial charge is 0.494 e. The quantitative estimate of drug-likeness (QED) is 0.480. The number of unbranched alkanes of at least 4 members (excludes halogenated alkanes) is 2. The molecule has 3 heteroatoms. The van der Waals surface area contributed by atoms with Crippen molar-refractivity contribution in [3.8, 4) is 17.6 Å².